The number of anilines is 1. The molecule has 0 unspecified atom stereocenters. The Kier molecular flexibility index (Phi) is 6.07. The third-order valence-corrected chi connectivity index (χ3v) is 3.68. The summed E-state index contributed by atoms with van der Waals surface area (Å²) in [5.74, 6) is -0.320. The standard InChI is InChI=1S/C15H12Cl3N3O/c16-11-5-3-6-12(17)10(11)8-20-21-15(22)9-19-14-7-2-1-4-13(14)18/h1-8,19H,9H2,(H,21,22)/b20-8-. The third kappa shape index (κ3) is 4.63. The molecule has 0 spiro atoms. The molecule has 0 fully saturated rings. The van der Waals surface area contributed by atoms with E-state index in [4.69, 9.17) is 34.8 Å². The van der Waals surface area contributed by atoms with Crippen molar-refractivity contribution in [3.05, 3.63) is 63.1 Å². The highest BCUT2D eigenvalue weighted by Crippen LogP contribution is 2.22. The lowest BCUT2D eigenvalue weighted by molar-refractivity contribution is -0.119. The van der Waals surface area contributed by atoms with E-state index >= 15 is 0 Å². The maximum absolute atomic E-state index is 11.7. The van der Waals surface area contributed by atoms with Crippen LogP contribution in [-0.2, 0) is 4.79 Å². The number of carbonyl (C=O) groups excluding carboxylic acids is 1. The summed E-state index contributed by atoms with van der Waals surface area (Å²) in [6, 6.07) is 12.3. The lowest BCUT2D eigenvalue weighted by atomic mass is 10.2. The van der Waals surface area contributed by atoms with Gasteiger partial charge in [0.15, 0.2) is 0 Å². The molecule has 0 bridgehead atoms. The van der Waals surface area contributed by atoms with Gasteiger partial charge in [-0.3, -0.25) is 4.79 Å². The van der Waals surface area contributed by atoms with Gasteiger partial charge in [-0.2, -0.15) is 5.10 Å². The smallest absolute Gasteiger partial charge is 0.259 e. The van der Waals surface area contributed by atoms with Crippen LogP contribution in [0.5, 0.6) is 0 Å². The molecule has 0 heterocycles. The minimum atomic E-state index is -0.320. The Morgan fingerprint density at radius 2 is 1.64 bits per heavy atom. The van der Waals surface area contributed by atoms with Crippen LogP contribution in [0.3, 0.4) is 0 Å². The monoisotopic (exact) mass is 355 g/mol. The summed E-state index contributed by atoms with van der Waals surface area (Å²) in [5, 5.41) is 8.20. The van der Waals surface area contributed by atoms with Gasteiger partial charge in [-0.25, -0.2) is 5.43 Å². The highest BCUT2D eigenvalue weighted by Gasteiger charge is 2.04. The zero-order valence-corrected chi connectivity index (χ0v) is 13.6. The number of nitrogens with zero attached hydrogens (tertiary/aromatic N) is 1. The molecule has 1 amide bonds. The number of nitrogens with one attached hydrogen (secondary N) is 2. The summed E-state index contributed by atoms with van der Waals surface area (Å²) in [6.45, 7) is 0.0390. The summed E-state index contributed by atoms with van der Waals surface area (Å²) < 4.78 is 0. The van der Waals surface area contributed by atoms with Crippen LogP contribution < -0.4 is 10.7 Å². The van der Waals surface area contributed by atoms with Gasteiger partial charge in [0, 0.05) is 5.56 Å². The average Bonchev–Trinajstić information content (AvgIpc) is 2.49. The fraction of sp³-hybridized carbons (Fsp3) is 0.0667. The fourth-order valence-electron chi connectivity index (χ4n) is 1.62. The minimum absolute atomic E-state index is 0.0390. The lowest BCUT2D eigenvalue weighted by Crippen LogP contribution is -2.26. The normalized spacial score (nSPS) is 10.7. The van der Waals surface area contributed by atoms with Crippen molar-refractivity contribution in [1.29, 1.82) is 0 Å². The Hall–Kier alpha value is -1.75. The number of amides is 1. The van der Waals surface area contributed by atoms with Crippen molar-refractivity contribution in [1.82, 2.24) is 5.43 Å². The van der Waals surface area contributed by atoms with Gasteiger partial charge in [0.25, 0.3) is 5.91 Å². The summed E-state index contributed by atoms with van der Waals surface area (Å²) in [5.41, 5.74) is 3.61. The van der Waals surface area contributed by atoms with Gasteiger partial charge in [-0.1, -0.05) is 53.0 Å². The van der Waals surface area contributed by atoms with Crippen LogP contribution in [-0.4, -0.2) is 18.7 Å². The Morgan fingerprint density at radius 1 is 1.00 bits per heavy atom. The lowest BCUT2D eigenvalue weighted by Gasteiger charge is -2.06. The Bertz CT molecular complexity index is 684. The van der Waals surface area contributed by atoms with Gasteiger partial charge < -0.3 is 5.32 Å². The van der Waals surface area contributed by atoms with Crippen LogP contribution in [0, 0.1) is 0 Å². The number of para-hydroxylation sites is 1. The molecule has 0 saturated carbocycles. The van der Waals surface area contributed by atoms with Crippen molar-refractivity contribution >= 4 is 52.6 Å². The third-order valence-electron chi connectivity index (χ3n) is 2.70. The van der Waals surface area contributed by atoms with E-state index in [-0.39, 0.29) is 12.5 Å². The maximum Gasteiger partial charge on any atom is 0.259 e. The van der Waals surface area contributed by atoms with Crippen molar-refractivity contribution < 1.29 is 4.79 Å². The second-order valence-corrected chi connectivity index (χ2v) is 5.48. The number of halogens is 3. The quantitative estimate of drug-likeness (QED) is 0.623. The topological polar surface area (TPSA) is 53.5 Å². The molecule has 0 radical (unpaired) electrons. The van der Waals surface area contributed by atoms with Crippen molar-refractivity contribution in [3.63, 3.8) is 0 Å². The molecular weight excluding hydrogens is 345 g/mol. The molecule has 2 N–H and O–H groups in total. The molecule has 114 valence electrons. The van der Waals surface area contributed by atoms with E-state index in [0.717, 1.165) is 0 Å². The van der Waals surface area contributed by atoms with E-state index in [2.05, 4.69) is 15.8 Å². The van der Waals surface area contributed by atoms with Gasteiger partial charge in [-0.15, -0.1) is 0 Å². The fourth-order valence-corrected chi connectivity index (χ4v) is 2.32. The number of rotatable bonds is 5. The van der Waals surface area contributed by atoms with E-state index in [0.29, 0.717) is 26.3 Å². The van der Waals surface area contributed by atoms with Gasteiger partial charge in [0.1, 0.15) is 0 Å². The van der Waals surface area contributed by atoms with Gasteiger partial charge in [0.05, 0.1) is 33.5 Å². The second-order valence-electron chi connectivity index (χ2n) is 4.26. The first-order valence-electron chi connectivity index (χ1n) is 6.32. The van der Waals surface area contributed by atoms with Crippen LogP contribution in [0.2, 0.25) is 15.1 Å². The molecule has 2 aromatic rings. The molecule has 0 aliphatic heterocycles. The minimum Gasteiger partial charge on any atom is -0.375 e. The zero-order valence-electron chi connectivity index (χ0n) is 11.3. The highest BCUT2D eigenvalue weighted by atomic mass is 35.5. The van der Waals surface area contributed by atoms with E-state index in [1.54, 1.807) is 30.3 Å². The number of hydrazone groups is 1. The van der Waals surface area contributed by atoms with Crippen LogP contribution >= 0.6 is 34.8 Å². The first-order chi connectivity index (χ1) is 10.6. The van der Waals surface area contributed by atoms with Crippen LogP contribution in [0.25, 0.3) is 0 Å². The first-order valence-corrected chi connectivity index (χ1v) is 7.45. The summed E-state index contributed by atoms with van der Waals surface area (Å²) in [6.07, 6.45) is 1.40. The van der Waals surface area contributed by atoms with Crippen molar-refractivity contribution in [2.24, 2.45) is 5.10 Å². The van der Waals surface area contributed by atoms with E-state index in [9.17, 15) is 4.79 Å². The van der Waals surface area contributed by atoms with Crippen LogP contribution in [0.15, 0.2) is 47.6 Å². The molecule has 0 atom stereocenters. The Balaban J connectivity index is 1.88. The molecule has 0 aliphatic rings. The molecule has 0 aromatic heterocycles. The van der Waals surface area contributed by atoms with Crippen molar-refractivity contribution in [3.8, 4) is 0 Å². The second kappa shape index (κ2) is 8.03. The predicted molar refractivity (Wildman–Crippen MR) is 92.1 cm³/mol. The Labute approximate surface area is 143 Å². The average molecular weight is 357 g/mol. The zero-order chi connectivity index (χ0) is 15.9. The summed E-state index contributed by atoms with van der Waals surface area (Å²) in [7, 11) is 0. The van der Waals surface area contributed by atoms with E-state index < -0.39 is 0 Å². The van der Waals surface area contributed by atoms with Crippen LogP contribution in [0.1, 0.15) is 5.56 Å². The largest absolute Gasteiger partial charge is 0.375 e. The molecule has 2 rings (SSSR count). The molecule has 0 aliphatic carbocycles. The molecule has 7 heteroatoms. The van der Waals surface area contributed by atoms with E-state index in [1.165, 1.54) is 6.21 Å². The Morgan fingerprint density at radius 3 is 2.32 bits per heavy atom. The van der Waals surface area contributed by atoms with Crippen molar-refractivity contribution in [2.75, 3.05) is 11.9 Å². The molecular formula is C15H12Cl3N3O. The molecule has 2 aromatic carbocycles. The number of hydrogen-bond acceptors (Lipinski definition) is 3. The first kappa shape index (κ1) is 16.6. The SMILES string of the molecule is O=C(CNc1ccccc1Cl)N/N=C\c1c(Cl)cccc1Cl. The molecule has 4 nitrogen and oxygen atoms in total. The van der Waals surface area contributed by atoms with Crippen molar-refractivity contribution in [2.45, 2.75) is 0 Å². The number of hydrogen-bond donors (Lipinski definition) is 2. The van der Waals surface area contributed by atoms with Gasteiger partial charge in [0.2, 0.25) is 0 Å². The maximum atomic E-state index is 11.7. The number of carbonyl (C=O) groups is 1. The predicted octanol–water partition coefficient (Wildman–Crippen LogP) is 4.21. The summed E-state index contributed by atoms with van der Waals surface area (Å²) in [4.78, 5) is 11.7. The van der Waals surface area contributed by atoms with Gasteiger partial charge in [-0.05, 0) is 24.3 Å². The molecule has 0 saturated heterocycles. The van der Waals surface area contributed by atoms with Gasteiger partial charge >= 0.3 is 0 Å². The van der Waals surface area contributed by atoms with E-state index in [1.807, 2.05) is 12.1 Å². The molecule has 22 heavy (non-hydrogen) atoms. The summed E-state index contributed by atoms with van der Waals surface area (Å²) >= 11 is 17.9. The highest BCUT2D eigenvalue weighted by molar-refractivity contribution is 6.38. The van der Waals surface area contributed by atoms with Crippen LogP contribution in [0.4, 0.5) is 5.69 Å². The number of benzene rings is 2.